The van der Waals surface area contributed by atoms with Crippen molar-refractivity contribution in [1.82, 2.24) is 10.2 Å². The summed E-state index contributed by atoms with van der Waals surface area (Å²) in [7, 11) is 0. The molecule has 0 saturated carbocycles. The molecule has 0 aliphatic carbocycles. The number of nitrogens with one attached hydrogen (secondary N) is 2. The lowest BCUT2D eigenvalue weighted by Gasteiger charge is -2.26. The normalized spacial score (nSPS) is 18.9. The molecule has 0 radical (unpaired) electrons. The topological polar surface area (TPSA) is 78.5 Å². The minimum atomic E-state index is -1.19. The Hall–Kier alpha value is -2.93. The van der Waals surface area contributed by atoms with E-state index in [2.05, 4.69) is 10.6 Å². The number of carbonyl (C=O) groups is 3. The molecule has 0 spiro atoms. The van der Waals surface area contributed by atoms with Crippen LogP contribution < -0.4 is 10.6 Å². The van der Waals surface area contributed by atoms with E-state index in [0.717, 1.165) is 17.0 Å². The predicted octanol–water partition coefficient (Wildman–Crippen LogP) is 3.67. The minimum Gasteiger partial charge on any atom is -0.323 e. The molecule has 1 fully saturated rings. The first-order chi connectivity index (χ1) is 13.4. The summed E-state index contributed by atoms with van der Waals surface area (Å²) in [5, 5.41) is 5.27. The van der Waals surface area contributed by atoms with E-state index in [4.69, 9.17) is 11.6 Å². The Morgan fingerprint density at radius 1 is 1.21 bits per heavy atom. The van der Waals surface area contributed by atoms with Crippen LogP contribution in [0.2, 0.25) is 5.02 Å². The summed E-state index contributed by atoms with van der Waals surface area (Å²) in [6.45, 7) is 1.44. The molecule has 2 aromatic carbocycles. The smallest absolute Gasteiger partial charge is 0.323 e. The number of urea groups is 1. The van der Waals surface area contributed by atoms with Crippen LogP contribution in [0.5, 0.6) is 0 Å². The van der Waals surface area contributed by atoms with Crippen LogP contribution in [0.3, 0.4) is 0 Å². The number of rotatable bonds is 6. The van der Waals surface area contributed by atoms with E-state index in [1.807, 2.05) is 13.0 Å². The summed E-state index contributed by atoms with van der Waals surface area (Å²) in [5.74, 6) is -1.63. The van der Waals surface area contributed by atoms with Gasteiger partial charge in [0.15, 0.2) is 0 Å². The Morgan fingerprint density at radius 2 is 1.93 bits per heavy atom. The molecular weight excluding hydrogens is 385 g/mol. The molecule has 0 unspecified atom stereocenters. The Morgan fingerprint density at radius 3 is 2.57 bits per heavy atom. The molecule has 1 atom stereocenters. The highest BCUT2D eigenvalue weighted by Crippen LogP contribution is 2.33. The van der Waals surface area contributed by atoms with E-state index in [1.165, 1.54) is 6.07 Å². The Bertz CT molecular complexity index is 922. The van der Waals surface area contributed by atoms with Crippen LogP contribution >= 0.6 is 11.6 Å². The molecule has 146 valence electrons. The van der Waals surface area contributed by atoms with Crippen LogP contribution in [0, 0.1) is 5.82 Å². The van der Waals surface area contributed by atoms with Crippen LogP contribution in [0.1, 0.15) is 25.3 Å². The van der Waals surface area contributed by atoms with Crippen molar-refractivity contribution in [3.63, 3.8) is 0 Å². The van der Waals surface area contributed by atoms with Gasteiger partial charge < -0.3 is 10.6 Å². The molecule has 4 amide bonds. The van der Waals surface area contributed by atoms with Crippen molar-refractivity contribution in [1.29, 1.82) is 0 Å². The van der Waals surface area contributed by atoms with Crippen molar-refractivity contribution in [3.8, 4) is 0 Å². The third-order valence-corrected chi connectivity index (χ3v) is 4.89. The number of imide groups is 1. The number of hydrogen-bond acceptors (Lipinski definition) is 3. The van der Waals surface area contributed by atoms with Crippen molar-refractivity contribution in [2.75, 3.05) is 11.9 Å². The number of halogens is 2. The van der Waals surface area contributed by atoms with E-state index in [9.17, 15) is 18.8 Å². The summed E-state index contributed by atoms with van der Waals surface area (Å²) in [5.41, 5.74) is -0.330. The van der Waals surface area contributed by atoms with E-state index >= 15 is 0 Å². The largest absolute Gasteiger partial charge is 0.325 e. The molecule has 2 N–H and O–H groups in total. The lowest BCUT2D eigenvalue weighted by Crippen LogP contribution is -2.44. The standard InChI is InChI=1S/C20H19ClFN3O3/c1-2-10-20(13-6-4-3-5-7-13)18(27)25(19(28)24-20)12-17(26)23-16-9-8-14(22)11-15(16)21/h3-9,11H,2,10,12H2,1H3,(H,23,26)(H,24,28)/t20-/m1/s1. The predicted molar refractivity (Wildman–Crippen MR) is 103 cm³/mol. The SMILES string of the molecule is CCC[C@]1(c2ccccc2)NC(=O)N(CC(=O)Nc2ccc(F)cc2Cl)C1=O. The summed E-state index contributed by atoms with van der Waals surface area (Å²) in [6, 6.07) is 11.8. The lowest BCUT2D eigenvalue weighted by molar-refractivity contribution is -0.134. The number of hydrogen-bond donors (Lipinski definition) is 2. The van der Waals surface area contributed by atoms with Gasteiger partial charge in [-0.1, -0.05) is 55.3 Å². The first-order valence-corrected chi connectivity index (χ1v) is 9.19. The fourth-order valence-electron chi connectivity index (χ4n) is 3.30. The monoisotopic (exact) mass is 403 g/mol. The van der Waals surface area contributed by atoms with Gasteiger partial charge in [0.05, 0.1) is 10.7 Å². The Kier molecular flexibility index (Phi) is 5.65. The third-order valence-electron chi connectivity index (χ3n) is 4.57. The molecule has 0 aromatic heterocycles. The average Bonchev–Trinajstić information content (AvgIpc) is 2.90. The molecule has 3 rings (SSSR count). The number of carbonyl (C=O) groups excluding carboxylic acids is 3. The lowest BCUT2D eigenvalue weighted by atomic mass is 9.85. The van der Waals surface area contributed by atoms with Gasteiger partial charge in [0.2, 0.25) is 5.91 Å². The quantitative estimate of drug-likeness (QED) is 0.722. The molecule has 1 aliphatic heterocycles. The maximum Gasteiger partial charge on any atom is 0.325 e. The molecule has 1 saturated heterocycles. The summed E-state index contributed by atoms with van der Waals surface area (Å²) >= 11 is 5.90. The van der Waals surface area contributed by atoms with Crippen LogP contribution in [0.4, 0.5) is 14.9 Å². The van der Waals surface area contributed by atoms with Gasteiger partial charge in [-0.05, 0) is 30.2 Å². The fourth-order valence-corrected chi connectivity index (χ4v) is 3.52. The van der Waals surface area contributed by atoms with Gasteiger partial charge in [-0.15, -0.1) is 0 Å². The van der Waals surface area contributed by atoms with Gasteiger partial charge in [-0.2, -0.15) is 0 Å². The molecular formula is C20H19ClFN3O3. The first-order valence-electron chi connectivity index (χ1n) is 8.82. The maximum atomic E-state index is 13.1. The van der Waals surface area contributed by atoms with Gasteiger partial charge >= 0.3 is 6.03 Å². The maximum absolute atomic E-state index is 13.1. The zero-order chi connectivity index (χ0) is 20.3. The highest BCUT2D eigenvalue weighted by Gasteiger charge is 2.52. The summed E-state index contributed by atoms with van der Waals surface area (Å²) in [4.78, 5) is 38.9. The Labute approximate surface area is 166 Å². The summed E-state index contributed by atoms with van der Waals surface area (Å²) in [6.07, 6.45) is 1.07. The van der Waals surface area contributed by atoms with Gasteiger partial charge in [-0.25, -0.2) is 9.18 Å². The van der Waals surface area contributed by atoms with Gasteiger partial charge in [0, 0.05) is 0 Å². The molecule has 8 heteroatoms. The highest BCUT2D eigenvalue weighted by atomic mass is 35.5. The van der Waals surface area contributed by atoms with E-state index in [0.29, 0.717) is 18.4 Å². The second-order valence-corrected chi connectivity index (χ2v) is 6.92. The zero-order valence-corrected chi connectivity index (χ0v) is 15.9. The molecule has 28 heavy (non-hydrogen) atoms. The number of benzene rings is 2. The van der Waals surface area contributed by atoms with Crippen molar-refractivity contribution >= 4 is 35.1 Å². The molecule has 1 heterocycles. The highest BCUT2D eigenvalue weighted by molar-refractivity contribution is 6.33. The molecule has 1 aliphatic rings. The minimum absolute atomic E-state index is 0.0233. The van der Waals surface area contributed by atoms with Crippen molar-refractivity contribution in [2.24, 2.45) is 0 Å². The third kappa shape index (κ3) is 3.71. The van der Waals surface area contributed by atoms with E-state index in [1.54, 1.807) is 24.3 Å². The van der Waals surface area contributed by atoms with E-state index in [-0.39, 0.29) is 10.7 Å². The second-order valence-electron chi connectivity index (χ2n) is 6.52. The number of anilines is 1. The van der Waals surface area contributed by atoms with Gasteiger partial charge in [-0.3, -0.25) is 14.5 Å². The first kappa shape index (κ1) is 19.8. The van der Waals surface area contributed by atoms with Crippen LogP contribution in [-0.4, -0.2) is 29.3 Å². The van der Waals surface area contributed by atoms with Crippen molar-refractivity contribution in [3.05, 3.63) is 64.9 Å². The number of nitrogens with zero attached hydrogens (tertiary/aromatic N) is 1. The Balaban J connectivity index is 1.80. The van der Waals surface area contributed by atoms with Crippen molar-refractivity contribution < 1.29 is 18.8 Å². The fraction of sp³-hybridized carbons (Fsp3) is 0.250. The number of amides is 4. The van der Waals surface area contributed by atoms with Crippen LogP contribution in [-0.2, 0) is 15.1 Å². The second kappa shape index (κ2) is 7.98. The van der Waals surface area contributed by atoms with Gasteiger partial charge in [0.25, 0.3) is 5.91 Å². The van der Waals surface area contributed by atoms with Gasteiger partial charge in [0.1, 0.15) is 17.9 Å². The summed E-state index contributed by atoms with van der Waals surface area (Å²) < 4.78 is 13.1. The van der Waals surface area contributed by atoms with Crippen molar-refractivity contribution in [2.45, 2.75) is 25.3 Å². The average molecular weight is 404 g/mol. The van der Waals surface area contributed by atoms with E-state index < -0.39 is 35.7 Å². The van der Waals surface area contributed by atoms with Crippen LogP contribution in [0.15, 0.2) is 48.5 Å². The molecule has 6 nitrogen and oxygen atoms in total. The van der Waals surface area contributed by atoms with Crippen LogP contribution in [0.25, 0.3) is 0 Å². The zero-order valence-electron chi connectivity index (χ0n) is 15.2. The molecule has 0 bridgehead atoms. The molecule has 2 aromatic rings.